The molecule has 0 unspecified atom stereocenters. The first kappa shape index (κ1) is 48.5. The Hall–Kier alpha value is -5.00. The lowest BCUT2D eigenvalue weighted by molar-refractivity contribution is -0.151. The van der Waals surface area contributed by atoms with Crippen molar-refractivity contribution in [2.45, 2.75) is 128 Å². The second-order valence-corrected chi connectivity index (χ2v) is 18.4. The number of carbonyl (C=O) groups excluding carboxylic acids is 6. The van der Waals surface area contributed by atoms with Gasteiger partial charge in [-0.3, -0.25) is 19.2 Å². The van der Waals surface area contributed by atoms with Gasteiger partial charge >= 0.3 is 35.8 Å². The van der Waals surface area contributed by atoms with Crippen LogP contribution in [-0.4, -0.2) is 62.2 Å². The highest BCUT2D eigenvalue weighted by Gasteiger charge is 2.37. The molecule has 0 atom stereocenters. The minimum atomic E-state index is -0.447. The van der Waals surface area contributed by atoms with Crippen LogP contribution >= 0.6 is 0 Å². The van der Waals surface area contributed by atoms with Crippen LogP contribution in [-0.2, 0) is 47.7 Å². The normalized spacial score (nSPS) is 25.8. The molecule has 0 aromatic heterocycles. The molecule has 12 nitrogen and oxygen atoms in total. The number of hydrogen-bond acceptors (Lipinski definition) is 12. The van der Waals surface area contributed by atoms with E-state index in [1.807, 2.05) is 24.3 Å². The molecule has 0 N–H and O–H groups in total. The average Bonchev–Trinajstić information content (AvgIpc) is 3.34. The molecule has 4 aliphatic carbocycles. The van der Waals surface area contributed by atoms with Gasteiger partial charge < -0.3 is 28.4 Å². The maximum Gasteiger partial charge on any atom is 0.330 e. The molecule has 0 bridgehead atoms. The van der Waals surface area contributed by atoms with Gasteiger partial charge in [-0.2, -0.15) is 0 Å². The van der Waals surface area contributed by atoms with Gasteiger partial charge in [-0.05, 0) is 164 Å². The van der Waals surface area contributed by atoms with Crippen molar-refractivity contribution in [1.82, 2.24) is 0 Å². The van der Waals surface area contributed by atoms with E-state index in [2.05, 4.69) is 13.2 Å². The van der Waals surface area contributed by atoms with Gasteiger partial charge in [0.05, 0.1) is 50.1 Å². The highest BCUT2D eigenvalue weighted by molar-refractivity contribution is 5.96. The van der Waals surface area contributed by atoms with Crippen molar-refractivity contribution in [3.05, 3.63) is 61.7 Å². The van der Waals surface area contributed by atoms with E-state index in [1.165, 1.54) is 0 Å². The van der Waals surface area contributed by atoms with Crippen LogP contribution in [0, 0.1) is 47.3 Å². The molecule has 348 valence electrons. The molecule has 0 heterocycles. The third-order valence-corrected chi connectivity index (χ3v) is 14.4. The van der Waals surface area contributed by atoms with E-state index in [1.54, 1.807) is 12.1 Å². The lowest BCUT2D eigenvalue weighted by atomic mass is 9.69. The van der Waals surface area contributed by atoms with Crippen LogP contribution in [0.25, 0.3) is 10.8 Å². The predicted molar refractivity (Wildman–Crippen MR) is 240 cm³/mol. The van der Waals surface area contributed by atoms with E-state index in [-0.39, 0.29) is 60.8 Å². The van der Waals surface area contributed by atoms with Gasteiger partial charge in [0, 0.05) is 22.9 Å². The van der Waals surface area contributed by atoms with Crippen LogP contribution in [0.1, 0.15) is 128 Å². The number of unbranched alkanes of at least 4 members (excludes halogenated alkanes) is 2. The van der Waals surface area contributed by atoms with Crippen molar-refractivity contribution in [2.75, 3.05) is 26.4 Å². The SMILES string of the molecule is C=CC(=O)OCCCCOC(=O)C1CCC(C2CCC(C(=O)Oc3ccc(OC(=O)C4CCC(C5CCC(C(=O)OCCCCOC(=O)C=C)CC5)CC4)c4ccccc34)CC2)CC1. The van der Waals surface area contributed by atoms with Gasteiger partial charge in [-0.1, -0.05) is 37.4 Å². The number of fused-ring (bicyclic) bond motifs is 1. The molecule has 0 amide bonds. The quantitative estimate of drug-likeness (QED) is 0.0408. The molecule has 0 radical (unpaired) electrons. The van der Waals surface area contributed by atoms with Gasteiger partial charge in [-0.15, -0.1) is 0 Å². The standard InChI is InChI=1S/C52H68O12/c1-3-47(53)59-31-7-9-33-61-49(55)39-21-13-35(14-22-39)37-17-25-41(26-18-37)51(57)63-45-29-30-46(44-12-6-5-11-43(44)45)64-52(58)42-27-19-38(20-28-42)36-15-23-40(24-16-36)50(56)62-34-10-8-32-60-48(54)4-2/h3-6,11-12,29-30,35-42H,1-2,7-10,13-28,31-34H2. The first-order chi connectivity index (χ1) is 31.1. The van der Waals surface area contributed by atoms with Gasteiger partial charge in [-0.25, -0.2) is 9.59 Å². The summed E-state index contributed by atoms with van der Waals surface area (Å²) in [5.74, 6) is 1.02. The maximum atomic E-state index is 13.5. The van der Waals surface area contributed by atoms with Crippen molar-refractivity contribution in [2.24, 2.45) is 47.3 Å². The zero-order valence-electron chi connectivity index (χ0n) is 37.5. The van der Waals surface area contributed by atoms with E-state index in [4.69, 9.17) is 28.4 Å². The Bertz CT molecular complexity index is 1770. The van der Waals surface area contributed by atoms with Crippen molar-refractivity contribution in [3.8, 4) is 11.5 Å². The Morgan fingerprint density at radius 1 is 0.406 bits per heavy atom. The Morgan fingerprint density at radius 2 is 0.688 bits per heavy atom. The molecular formula is C52H68O12. The van der Waals surface area contributed by atoms with Crippen LogP contribution < -0.4 is 9.47 Å². The third kappa shape index (κ3) is 14.0. The summed E-state index contributed by atoms with van der Waals surface area (Å²) in [6.45, 7) is 7.98. The molecule has 2 aromatic rings. The summed E-state index contributed by atoms with van der Waals surface area (Å²) in [7, 11) is 0. The molecule has 4 fully saturated rings. The summed E-state index contributed by atoms with van der Waals surface area (Å²) in [5.41, 5.74) is 0. The van der Waals surface area contributed by atoms with E-state index < -0.39 is 11.9 Å². The lowest BCUT2D eigenvalue weighted by Crippen LogP contribution is -2.31. The highest BCUT2D eigenvalue weighted by atomic mass is 16.6. The van der Waals surface area contributed by atoms with Crippen LogP contribution in [0.2, 0.25) is 0 Å². The Morgan fingerprint density at radius 3 is 0.984 bits per heavy atom. The molecule has 0 saturated heterocycles. The smallest absolute Gasteiger partial charge is 0.330 e. The minimum Gasteiger partial charge on any atom is -0.465 e. The molecule has 4 saturated carbocycles. The van der Waals surface area contributed by atoms with Gasteiger partial charge in [0.1, 0.15) is 11.5 Å². The summed E-state index contributed by atoms with van der Waals surface area (Å²) in [5, 5.41) is 1.46. The number of ether oxygens (including phenoxy) is 6. The summed E-state index contributed by atoms with van der Waals surface area (Å²) in [4.78, 5) is 74.6. The van der Waals surface area contributed by atoms with Crippen molar-refractivity contribution in [3.63, 3.8) is 0 Å². The number of carbonyl (C=O) groups is 6. The summed E-state index contributed by atoms with van der Waals surface area (Å²) in [6, 6.07) is 11.1. The Balaban J connectivity index is 0.878. The molecular weight excluding hydrogens is 817 g/mol. The lowest BCUT2D eigenvalue weighted by Gasteiger charge is -2.36. The molecule has 4 aliphatic rings. The van der Waals surface area contributed by atoms with Crippen molar-refractivity contribution >= 4 is 46.6 Å². The number of rotatable bonds is 20. The van der Waals surface area contributed by atoms with E-state index in [0.717, 1.165) is 126 Å². The first-order valence-corrected chi connectivity index (χ1v) is 24.0. The topological polar surface area (TPSA) is 158 Å². The second kappa shape index (κ2) is 24.9. The third-order valence-electron chi connectivity index (χ3n) is 14.4. The van der Waals surface area contributed by atoms with Crippen LogP contribution in [0.3, 0.4) is 0 Å². The first-order valence-electron chi connectivity index (χ1n) is 24.0. The Labute approximate surface area is 378 Å². The number of benzene rings is 2. The fraction of sp³-hybridized carbons (Fsp3) is 0.615. The Kier molecular flexibility index (Phi) is 18.8. The fourth-order valence-corrected chi connectivity index (χ4v) is 10.6. The van der Waals surface area contributed by atoms with E-state index >= 15 is 0 Å². The summed E-state index contributed by atoms with van der Waals surface area (Å²) < 4.78 is 33.1. The molecule has 0 spiro atoms. The van der Waals surface area contributed by atoms with Gasteiger partial charge in [0.15, 0.2) is 0 Å². The van der Waals surface area contributed by atoms with Crippen LogP contribution in [0.5, 0.6) is 11.5 Å². The largest absolute Gasteiger partial charge is 0.465 e. The fourth-order valence-electron chi connectivity index (χ4n) is 10.6. The zero-order valence-corrected chi connectivity index (χ0v) is 37.5. The van der Waals surface area contributed by atoms with Gasteiger partial charge in [0.2, 0.25) is 0 Å². The molecule has 0 aliphatic heterocycles. The van der Waals surface area contributed by atoms with E-state index in [9.17, 15) is 28.8 Å². The number of esters is 6. The molecule has 2 aromatic carbocycles. The minimum absolute atomic E-state index is 0.0671. The van der Waals surface area contributed by atoms with Crippen LogP contribution in [0.4, 0.5) is 0 Å². The average molecular weight is 885 g/mol. The molecule has 64 heavy (non-hydrogen) atoms. The highest BCUT2D eigenvalue weighted by Crippen LogP contribution is 2.44. The summed E-state index contributed by atoms with van der Waals surface area (Å²) >= 11 is 0. The molecule has 6 rings (SSSR count). The second-order valence-electron chi connectivity index (χ2n) is 18.4. The monoisotopic (exact) mass is 884 g/mol. The summed E-state index contributed by atoms with van der Waals surface area (Å²) in [6.07, 6.45) is 19.1. The predicted octanol–water partition coefficient (Wildman–Crippen LogP) is 9.98. The van der Waals surface area contributed by atoms with Crippen LogP contribution in [0.15, 0.2) is 61.7 Å². The maximum absolute atomic E-state index is 13.5. The van der Waals surface area contributed by atoms with Gasteiger partial charge in [0.25, 0.3) is 0 Å². The van der Waals surface area contributed by atoms with E-state index in [0.29, 0.717) is 74.1 Å². The number of hydrogen-bond donors (Lipinski definition) is 0. The van der Waals surface area contributed by atoms with Crippen molar-refractivity contribution < 1.29 is 57.2 Å². The van der Waals surface area contributed by atoms with Crippen molar-refractivity contribution in [1.29, 1.82) is 0 Å². The molecule has 12 heteroatoms. The zero-order chi connectivity index (χ0) is 45.3.